The molecular formula is C14H15N3O2. The summed E-state index contributed by atoms with van der Waals surface area (Å²) in [6.07, 6.45) is 3.23. The second-order valence-corrected chi connectivity index (χ2v) is 4.85. The molecule has 0 saturated heterocycles. The number of nitrogens with one attached hydrogen (secondary N) is 1. The van der Waals surface area contributed by atoms with Gasteiger partial charge in [-0.25, -0.2) is 4.98 Å². The molecule has 3 rings (SSSR count). The van der Waals surface area contributed by atoms with Crippen molar-refractivity contribution in [3.63, 3.8) is 0 Å². The van der Waals surface area contributed by atoms with E-state index in [9.17, 15) is 9.90 Å². The van der Waals surface area contributed by atoms with Crippen molar-refractivity contribution in [1.82, 2.24) is 14.9 Å². The second kappa shape index (κ2) is 4.51. The number of imidazole rings is 1. The molecule has 2 aromatic rings. The summed E-state index contributed by atoms with van der Waals surface area (Å²) in [6.45, 7) is 0. The molecule has 1 aromatic heterocycles. The molecule has 2 N–H and O–H groups in total. The molecule has 5 heteroatoms. The Hall–Kier alpha value is -2.14. The lowest BCUT2D eigenvalue weighted by atomic mass is 10.1. The van der Waals surface area contributed by atoms with Gasteiger partial charge < -0.3 is 15.0 Å². The highest BCUT2D eigenvalue weighted by molar-refractivity contribution is 5.92. The van der Waals surface area contributed by atoms with E-state index in [1.54, 1.807) is 17.1 Å². The van der Waals surface area contributed by atoms with Gasteiger partial charge in [0.15, 0.2) is 0 Å². The van der Waals surface area contributed by atoms with E-state index in [4.69, 9.17) is 0 Å². The number of aliphatic hydroxyl groups is 1. The molecule has 1 heterocycles. The molecule has 1 aliphatic rings. The molecule has 19 heavy (non-hydrogen) atoms. The average molecular weight is 257 g/mol. The van der Waals surface area contributed by atoms with Gasteiger partial charge in [-0.2, -0.15) is 0 Å². The number of benzene rings is 1. The molecule has 0 bridgehead atoms. The highest BCUT2D eigenvalue weighted by atomic mass is 16.3. The zero-order valence-electron chi connectivity index (χ0n) is 10.6. The van der Waals surface area contributed by atoms with Gasteiger partial charge in [-0.3, -0.25) is 4.79 Å². The van der Waals surface area contributed by atoms with E-state index in [2.05, 4.69) is 10.3 Å². The van der Waals surface area contributed by atoms with Crippen LogP contribution in [-0.2, 0) is 13.5 Å². The van der Waals surface area contributed by atoms with E-state index in [-0.39, 0.29) is 11.9 Å². The maximum atomic E-state index is 12.1. The number of aryl methyl sites for hydroxylation is 1. The summed E-state index contributed by atoms with van der Waals surface area (Å²) in [6, 6.07) is 7.41. The van der Waals surface area contributed by atoms with E-state index in [0.717, 1.165) is 11.1 Å². The van der Waals surface area contributed by atoms with Crippen molar-refractivity contribution < 1.29 is 9.90 Å². The van der Waals surface area contributed by atoms with Crippen LogP contribution in [0.15, 0.2) is 36.8 Å². The molecule has 5 nitrogen and oxygen atoms in total. The van der Waals surface area contributed by atoms with Gasteiger partial charge in [0, 0.05) is 19.7 Å². The van der Waals surface area contributed by atoms with Crippen molar-refractivity contribution in [2.45, 2.75) is 18.6 Å². The Labute approximate surface area is 110 Å². The largest absolute Gasteiger partial charge is 0.390 e. The van der Waals surface area contributed by atoms with Gasteiger partial charge in [-0.05, 0) is 11.1 Å². The van der Waals surface area contributed by atoms with Crippen LogP contribution in [0.25, 0.3) is 0 Å². The fraction of sp³-hybridized carbons (Fsp3) is 0.286. The van der Waals surface area contributed by atoms with Gasteiger partial charge >= 0.3 is 0 Å². The van der Waals surface area contributed by atoms with Gasteiger partial charge in [0.25, 0.3) is 5.91 Å². The minimum absolute atomic E-state index is 0.263. The summed E-state index contributed by atoms with van der Waals surface area (Å²) in [5.74, 6) is -0.263. The summed E-state index contributed by atoms with van der Waals surface area (Å²) in [5.41, 5.74) is 2.43. The van der Waals surface area contributed by atoms with E-state index < -0.39 is 6.10 Å². The number of aromatic nitrogens is 2. The Bertz CT molecular complexity index is 621. The number of carbonyl (C=O) groups is 1. The highest BCUT2D eigenvalue weighted by Crippen LogP contribution is 2.31. The van der Waals surface area contributed by atoms with Crippen molar-refractivity contribution in [3.05, 3.63) is 53.6 Å². The van der Waals surface area contributed by atoms with Crippen LogP contribution < -0.4 is 5.32 Å². The zero-order valence-corrected chi connectivity index (χ0v) is 10.6. The first-order valence-electron chi connectivity index (χ1n) is 6.20. The number of rotatable bonds is 2. The minimum atomic E-state index is -0.579. The van der Waals surface area contributed by atoms with Crippen LogP contribution in [0.3, 0.4) is 0 Å². The predicted octanol–water partition coefficient (Wildman–Crippen LogP) is 0.808. The molecule has 1 amide bonds. The third kappa shape index (κ3) is 2.13. The normalized spacial score (nSPS) is 21.2. The zero-order chi connectivity index (χ0) is 13.4. The molecule has 1 aromatic carbocycles. The quantitative estimate of drug-likeness (QED) is 0.836. The maximum Gasteiger partial charge on any atom is 0.272 e. The Morgan fingerprint density at radius 1 is 1.47 bits per heavy atom. The first kappa shape index (κ1) is 11.9. The highest BCUT2D eigenvalue weighted by Gasteiger charge is 2.32. The van der Waals surface area contributed by atoms with Crippen molar-refractivity contribution in [1.29, 1.82) is 0 Å². The number of carbonyl (C=O) groups excluding carboxylic acids is 1. The second-order valence-electron chi connectivity index (χ2n) is 4.85. The van der Waals surface area contributed by atoms with Crippen molar-refractivity contribution in [3.8, 4) is 0 Å². The van der Waals surface area contributed by atoms with E-state index in [0.29, 0.717) is 12.1 Å². The van der Waals surface area contributed by atoms with Crippen molar-refractivity contribution in [2.75, 3.05) is 0 Å². The van der Waals surface area contributed by atoms with E-state index in [1.165, 1.54) is 0 Å². The molecule has 98 valence electrons. The van der Waals surface area contributed by atoms with E-state index in [1.807, 2.05) is 31.3 Å². The summed E-state index contributed by atoms with van der Waals surface area (Å²) in [7, 11) is 1.81. The lowest BCUT2D eigenvalue weighted by Gasteiger charge is -2.17. The Morgan fingerprint density at radius 3 is 3.00 bits per heavy atom. The number of nitrogens with zero attached hydrogens (tertiary/aromatic N) is 2. The molecular weight excluding hydrogens is 242 g/mol. The van der Waals surface area contributed by atoms with Crippen LogP contribution in [0, 0.1) is 0 Å². The van der Waals surface area contributed by atoms with Gasteiger partial charge in [-0.15, -0.1) is 0 Å². The van der Waals surface area contributed by atoms with Crippen LogP contribution >= 0.6 is 0 Å². The fourth-order valence-electron chi connectivity index (χ4n) is 2.49. The van der Waals surface area contributed by atoms with Crippen LogP contribution in [0.1, 0.15) is 27.7 Å². The first-order chi connectivity index (χ1) is 9.15. The lowest BCUT2D eigenvalue weighted by Crippen LogP contribution is -2.34. The number of aliphatic hydroxyl groups excluding tert-OH is 1. The predicted molar refractivity (Wildman–Crippen MR) is 69.6 cm³/mol. The average Bonchev–Trinajstić information content (AvgIpc) is 2.95. The molecule has 0 radical (unpaired) electrons. The topological polar surface area (TPSA) is 67.2 Å². The molecule has 0 spiro atoms. The molecule has 2 atom stereocenters. The summed E-state index contributed by atoms with van der Waals surface area (Å²) in [4.78, 5) is 16.1. The third-order valence-corrected chi connectivity index (χ3v) is 3.43. The van der Waals surface area contributed by atoms with Crippen LogP contribution in [0.4, 0.5) is 0 Å². The molecule has 0 saturated carbocycles. The molecule has 1 aliphatic carbocycles. The van der Waals surface area contributed by atoms with Crippen molar-refractivity contribution in [2.24, 2.45) is 7.05 Å². The van der Waals surface area contributed by atoms with Gasteiger partial charge in [-0.1, -0.05) is 24.3 Å². The van der Waals surface area contributed by atoms with Gasteiger partial charge in [0.05, 0.1) is 18.5 Å². The van der Waals surface area contributed by atoms with Crippen molar-refractivity contribution >= 4 is 5.91 Å². The fourth-order valence-corrected chi connectivity index (χ4v) is 2.49. The monoisotopic (exact) mass is 257 g/mol. The summed E-state index contributed by atoms with van der Waals surface area (Å²) < 4.78 is 1.72. The summed E-state index contributed by atoms with van der Waals surface area (Å²) in [5, 5.41) is 12.9. The van der Waals surface area contributed by atoms with Gasteiger partial charge in [0.1, 0.15) is 5.69 Å². The number of fused-ring (bicyclic) bond motifs is 1. The summed E-state index contributed by atoms with van der Waals surface area (Å²) >= 11 is 0. The molecule has 0 aliphatic heterocycles. The van der Waals surface area contributed by atoms with Crippen LogP contribution in [0.5, 0.6) is 0 Å². The lowest BCUT2D eigenvalue weighted by molar-refractivity contribution is 0.0854. The Balaban J connectivity index is 1.82. The number of hydrogen-bond donors (Lipinski definition) is 2. The number of amides is 1. The van der Waals surface area contributed by atoms with Crippen LogP contribution in [0.2, 0.25) is 0 Å². The maximum absolute atomic E-state index is 12.1. The van der Waals surface area contributed by atoms with Gasteiger partial charge in [0.2, 0.25) is 0 Å². The minimum Gasteiger partial charge on any atom is -0.390 e. The standard InChI is InChI=1S/C14H15N3O2/c1-17-7-11(15-8-17)14(19)16-13-10-5-3-2-4-9(10)6-12(13)18/h2-5,7-8,12-13,18H,6H2,1H3,(H,16,19)/t12-,13+/m0/s1. The SMILES string of the molecule is Cn1cnc(C(=O)N[C@@H]2c3ccccc3C[C@@H]2O)c1. The Morgan fingerprint density at radius 2 is 2.26 bits per heavy atom. The smallest absolute Gasteiger partial charge is 0.272 e. The molecule has 0 fully saturated rings. The molecule has 0 unspecified atom stereocenters. The van der Waals surface area contributed by atoms with E-state index >= 15 is 0 Å². The first-order valence-corrected chi connectivity index (χ1v) is 6.20. The van der Waals surface area contributed by atoms with Crippen LogP contribution in [-0.4, -0.2) is 26.7 Å². The number of hydrogen-bond acceptors (Lipinski definition) is 3. The third-order valence-electron chi connectivity index (χ3n) is 3.43. The Kier molecular flexibility index (Phi) is 2.83.